The van der Waals surface area contributed by atoms with Crippen molar-refractivity contribution in [3.8, 4) is 34.1 Å². The van der Waals surface area contributed by atoms with Crippen LogP contribution in [0.15, 0.2) is 285 Å². The van der Waals surface area contributed by atoms with Crippen molar-refractivity contribution in [2.24, 2.45) is 0 Å². The Morgan fingerprint density at radius 2 is 0.762 bits per heavy atom. The monoisotopic (exact) mass is 1100 g/mol. The van der Waals surface area contributed by atoms with Crippen molar-refractivity contribution >= 4 is 63.7 Å². The van der Waals surface area contributed by atoms with Crippen LogP contribution in [-0.2, 0) is 5.41 Å². The smallest absolute Gasteiger partial charge is 0.151 e. The van der Waals surface area contributed by atoms with Crippen LogP contribution in [0, 0.1) is 6.92 Å². The number of para-hydroxylation sites is 10. The van der Waals surface area contributed by atoms with Crippen LogP contribution >= 0.6 is 0 Å². The normalized spacial score (nSPS) is 12.4. The Morgan fingerprint density at radius 3 is 1.24 bits per heavy atom. The molecule has 1 aliphatic carbocycles. The Kier molecular flexibility index (Phi) is 18.8. The Balaban J connectivity index is 0.000000146. The zero-order chi connectivity index (χ0) is 58.1. The summed E-state index contributed by atoms with van der Waals surface area (Å²) < 4.78 is 12.2. The molecular weight excluding hydrogens is 1020 g/mol. The summed E-state index contributed by atoms with van der Waals surface area (Å²) in [5.74, 6) is 3.50. The second kappa shape index (κ2) is 27.6. The number of fused-ring (bicyclic) bond motifs is 7. The van der Waals surface area contributed by atoms with Crippen LogP contribution in [0.25, 0.3) is 29.4 Å². The lowest BCUT2D eigenvalue weighted by Crippen LogP contribution is -2.23. The zero-order valence-corrected chi connectivity index (χ0v) is 49.0. The van der Waals surface area contributed by atoms with Gasteiger partial charge in [-0.2, -0.15) is 0 Å². The van der Waals surface area contributed by atoms with Crippen molar-refractivity contribution in [2.45, 2.75) is 59.8 Å². The summed E-state index contributed by atoms with van der Waals surface area (Å²) in [6.45, 7) is 12.8. The molecule has 0 fully saturated rings. The molecule has 5 heteroatoms. The fourth-order valence-corrected chi connectivity index (χ4v) is 11.2. The summed E-state index contributed by atoms with van der Waals surface area (Å²) in [7, 11) is 0. The van der Waals surface area contributed by atoms with E-state index in [-0.39, 0.29) is 5.41 Å². The summed E-state index contributed by atoms with van der Waals surface area (Å²) in [6.07, 6.45) is 10.8. The third-order valence-electron chi connectivity index (χ3n) is 15.4. The molecule has 0 radical (unpaired) electrons. The zero-order valence-electron chi connectivity index (χ0n) is 49.0. The van der Waals surface area contributed by atoms with Crippen LogP contribution in [-0.4, -0.2) is 0 Å². The highest BCUT2D eigenvalue weighted by Crippen LogP contribution is 2.54. The molecule has 84 heavy (non-hydrogen) atoms. The van der Waals surface area contributed by atoms with Gasteiger partial charge in [0.05, 0.1) is 22.7 Å². The molecule has 0 bridgehead atoms. The fraction of sp³-hybridized carbons (Fsp3) is 0.114. The molecule has 14 rings (SSSR count). The van der Waals surface area contributed by atoms with Crippen LogP contribution in [0.1, 0.15) is 80.8 Å². The van der Waals surface area contributed by atoms with Gasteiger partial charge >= 0.3 is 0 Å². The first-order valence-electron chi connectivity index (χ1n) is 29.4. The van der Waals surface area contributed by atoms with Crippen LogP contribution in [0.4, 0.5) is 45.5 Å². The number of hydrogen-bond acceptors (Lipinski definition) is 5. The van der Waals surface area contributed by atoms with Crippen molar-refractivity contribution in [1.82, 2.24) is 0 Å². The number of nitrogens with one attached hydrogen (secondary N) is 1. The van der Waals surface area contributed by atoms with Crippen LogP contribution in [0.3, 0.4) is 0 Å². The third-order valence-corrected chi connectivity index (χ3v) is 15.4. The van der Waals surface area contributed by atoms with Gasteiger partial charge in [0.1, 0.15) is 0 Å². The number of benzene rings is 11. The number of hydrogen-bond donors (Lipinski definition) is 1. The molecule has 2 heterocycles. The van der Waals surface area contributed by atoms with Gasteiger partial charge in [-0.3, -0.25) is 0 Å². The highest BCUT2D eigenvalue weighted by Gasteiger charge is 2.40. The number of nitrogens with zero attached hydrogens (tertiary/aromatic N) is 2. The van der Waals surface area contributed by atoms with E-state index in [1.807, 2.05) is 154 Å². The van der Waals surface area contributed by atoms with Gasteiger partial charge in [-0.05, 0) is 162 Å². The highest BCUT2D eigenvalue weighted by molar-refractivity contribution is 5.88. The molecule has 0 amide bonds. The van der Waals surface area contributed by atoms with Crippen molar-refractivity contribution in [1.29, 1.82) is 0 Å². The summed E-state index contributed by atoms with van der Waals surface area (Å²) >= 11 is 0. The third kappa shape index (κ3) is 12.7. The number of aryl methyl sites for hydroxylation is 1. The maximum Gasteiger partial charge on any atom is 0.151 e. The Bertz CT molecular complexity index is 3840. The molecule has 2 aliphatic heterocycles. The van der Waals surface area contributed by atoms with E-state index in [0.29, 0.717) is 0 Å². The number of allylic oxidation sites excluding steroid dienone is 1. The van der Waals surface area contributed by atoms with Crippen LogP contribution in [0.2, 0.25) is 0 Å². The first-order chi connectivity index (χ1) is 41.4. The summed E-state index contributed by atoms with van der Waals surface area (Å²) in [5.41, 5.74) is 19.5. The van der Waals surface area contributed by atoms with Gasteiger partial charge < -0.3 is 24.6 Å². The Morgan fingerprint density at radius 1 is 0.381 bits per heavy atom. The molecule has 0 saturated heterocycles. The highest BCUT2D eigenvalue weighted by atomic mass is 16.5. The first-order valence-corrected chi connectivity index (χ1v) is 29.4. The standard InChI is InChI=1S/C37H31NO.C21H17NO.C13H13N.C6H6.C2H6/c1-3-37(4-2)31-12-6-5-11-29(31)30-24-21-27(25-32(30)37)18-17-26-19-22-28(23-20-26)38-33-13-7-9-15-35(33)39-36-16-10-8-14-34(36)38;1-2-7-16-12-14-17(15-13-16)22-18-8-3-5-10-20(18)23-21-11-6-4-9-19(21)22;1-11-7-5-6-10-13(11)14-12-8-3-2-4-9-12;1-2-4-6-5-3-1;1-2/h5-25H,3-4H2,1-2H3;2-15H,1H3;2-10,14H,1H3;1-6H;1-2H3/b18-17+;7-2+;;;. The molecule has 0 saturated carbocycles. The van der Waals surface area contributed by atoms with Gasteiger partial charge in [-0.1, -0.05) is 240 Å². The van der Waals surface area contributed by atoms with E-state index >= 15 is 0 Å². The molecule has 1 N–H and O–H groups in total. The minimum atomic E-state index is 0.0994. The van der Waals surface area contributed by atoms with Gasteiger partial charge in [0.2, 0.25) is 0 Å². The van der Waals surface area contributed by atoms with Crippen molar-refractivity contribution in [2.75, 3.05) is 15.1 Å². The maximum atomic E-state index is 6.17. The van der Waals surface area contributed by atoms with E-state index in [1.165, 1.54) is 50.2 Å². The van der Waals surface area contributed by atoms with Gasteiger partial charge in [-0.15, -0.1) is 0 Å². The molecule has 3 aliphatic rings. The molecule has 11 aromatic carbocycles. The Hall–Kier alpha value is -10.1. The van der Waals surface area contributed by atoms with Gasteiger partial charge in [0.15, 0.2) is 23.0 Å². The summed E-state index contributed by atoms with van der Waals surface area (Å²) in [4.78, 5) is 4.52. The lowest BCUT2D eigenvalue weighted by atomic mass is 9.73. The maximum absolute atomic E-state index is 6.17. The largest absolute Gasteiger partial charge is 0.453 e. The van der Waals surface area contributed by atoms with Crippen LogP contribution < -0.4 is 24.6 Å². The van der Waals surface area contributed by atoms with Crippen molar-refractivity contribution < 1.29 is 9.47 Å². The number of ether oxygens (including phenoxy) is 2. The first kappa shape index (κ1) is 57.1. The quantitative estimate of drug-likeness (QED) is 0.146. The second-order valence-corrected chi connectivity index (χ2v) is 20.4. The Labute approximate surface area is 498 Å². The van der Waals surface area contributed by atoms with Crippen LogP contribution in [0.5, 0.6) is 23.0 Å². The SMILES string of the molecule is C/C=C/c1ccc(N2c3ccccc3Oc3ccccc32)cc1.CC.CCC1(CC)c2ccccc2-c2ccc(/C=C/c3ccc(N4c5ccccc5Oc5ccccc54)cc3)cc21.Cc1ccccc1Nc1ccccc1.c1ccccc1. The molecule has 416 valence electrons. The molecule has 5 nitrogen and oxygen atoms in total. The van der Waals surface area contributed by atoms with E-state index in [1.54, 1.807) is 0 Å². The summed E-state index contributed by atoms with van der Waals surface area (Å²) in [6, 6.07) is 96.4. The molecule has 0 spiro atoms. The van der Waals surface area contributed by atoms with E-state index in [0.717, 1.165) is 75.7 Å². The minimum absolute atomic E-state index is 0.0994. The van der Waals surface area contributed by atoms with Crippen molar-refractivity contribution in [3.05, 3.63) is 319 Å². The van der Waals surface area contributed by atoms with Gasteiger partial charge in [0.25, 0.3) is 0 Å². The topological polar surface area (TPSA) is 37.0 Å². The average Bonchev–Trinajstić information content (AvgIpc) is 1.92. The molecule has 0 atom stereocenters. The molecule has 11 aromatic rings. The number of anilines is 8. The predicted molar refractivity (Wildman–Crippen MR) is 358 cm³/mol. The van der Waals surface area contributed by atoms with Gasteiger partial charge in [0, 0.05) is 28.2 Å². The van der Waals surface area contributed by atoms with E-state index in [4.69, 9.17) is 9.47 Å². The molecule has 0 unspecified atom stereocenters. The lowest BCUT2D eigenvalue weighted by molar-refractivity contribution is 0.477. The summed E-state index contributed by atoms with van der Waals surface area (Å²) in [5, 5.41) is 3.37. The minimum Gasteiger partial charge on any atom is -0.453 e. The predicted octanol–water partition coefficient (Wildman–Crippen LogP) is 23.3. The van der Waals surface area contributed by atoms with E-state index < -0.39 is 0 Å². The number of rotatable bonds is 9. The van der Waals surface area contributed by atoms with E-state index in [9.17, 15) is 0 Å². The van der Waals surface area contributed by atoms with Crippen molar-refractivity contribution in [3.63, 3.8) is 0 Å². The lowest BCUT2D eigenvalue weighted by Gasteiger charge is -2.32. The molecule has 0 aromatic heterocycles. The van der Waals surface area contributed by atoms with E-state index in [2.05, 4.69) is 206 Å². The fourth-order valence-electron chi connectivity index (χ4n) is 11.2. The molecular formula is C79H73N3O2. The van der Waals surface area contributed by atoms with Gasteiger partial charge in [-0.25, -0.2) is 0 Å². The second-order valence-electron chi connectivity index (χ2n) is 20.4. The average molecular weight is 1100 g/mol.